The summed E-state index contributed by atoms with van der Waals surface area (Å²) < 4.78 is 10.3. The third-order valence-corrected chi connectivity index (χ3v) is 4.26. The summed E-state index contributed by atoms with van der Waals surface area (Å²) in [7, 11) is 1.63. The number of nitrogens with one attached hydrogen (secondary N) is 1. The lowest BCUT2D eigenvalue weighted by Gasteiger charge is -2.36. The van der Waals surface area contributed by atoms with Gasteiger partial charge in [0.05, 0.1) is 19.2 Å². The molecule has 0 radical (unpaired) electrons. The monoisotopic (exact) mass is 339 g/mol. The van der Waals surface area contributed by atoms with Gasteiger partial charge in [0, 0.05) is 46.3 Å². The van der Waals surface area contributed by atoms with Crippen LogP contribution >= 0.6 is 0 Å². The summed E-state index contributed by atoms with van der Waals surface area (Å²) in [5.74, 6) is 1.52. The molecule has 136 valence electrons. The topological polar surface area (TPSA) is 83.7 Å². The molecular weight excluding hydrogens is 310 g/mol. The second-order valence-electron chi connectivity index (χ2n) is 6.13. The summed E-state index contributed by atoms with van der Waals surface area (Å²) >= 11 is 0. The van der Waals surface area contributed by atoms with Crippen molar-refractivity contribution in [1.29, 1.82) is 0 Å². The Morgan fingerprint density at radius 1 is 1.38 bits per heavy atom. The fourth-order valence-corrected chi connectivity index (χ4v) is 2.78. The summed E-state index contributed by atoms with van der Waals surface area (Å²) in [6.45, 7) is 9.23. The smallest absolute Gasteiger partial charge is 0.243 e. The van der Waals surface area contributed by atoms with E-state index in [1.165, 1.54) is 0 Å². The van der Waals surface area contributed by atoms with E-state index in [0.717, 1.165) is 44.8 Å². The van der Waals surface area contributed by atoms with Crippen molar-refractivity contribution in [2.45, 2.75) is 32.7 Å². The first kappa shape index (κ1) is 18.8. The van der Waals surface area contributed by atoms with Crippen LogP contribution in [0.5, 0.6) is 0 Å². The zero-order valence-electron chi connectivity index (χ0n) is 15.0. The van der Waals surface area contributed by atoms with Crippen molar-refractivity contribution in [2.75, 3.05) is 53.0 Å². The maximum Gasteiger partial charge on any atom is 0.243 e. The van der Waals surface area contributed by atoms with Gasteiger partial charge in [-0.3, -0.25) is 14.6 Å². The third kappa shape index (κ3) is 5.54. The maximum absolute atomic E-state index is 11.8. The van der Waals surface area contributed by atoms with Crippen LogP contribution in [0, 0.1) is 0 Å². The highest BCUT2D eigenvalue weighted by Gasteiger charge is 2.26. The van der Waals surface area contributed by atoms with E-state index in [0.29, 0.717) is 25.6 Å². The summed E-state index contributed by atoms with van der Waals surface area (Å²) in [6.07, 6.45) is 1.86. The molecule has 0 aromatic carbocycles. The molecule has 1 unspecified atom stereocenters. The number of amides is 1. The molecule has 1 saturated heterocycles. The molecule has 2 rings (SSSR count). The van der Waals surface area contributed by atoms with E-state index < -0.39 is 0 Å². The number of carbonyl (C=O) groups is 1. The van der Waals surface area contributed by atoms with Gasteiger partial charge in [-0.05, 0) is 13.3 Å². The zero-order valence-corrected chi connectivity index (χ0v) is 15.0. The van der Waals surface area contributed by atoms with Gasteiger partial charge in [0.15, 0.2) is 5.82 Å². The van der Waals surface area contributed by atoms with E-state index in [4.69, 9.17) is 9.26 Å². The molecule has 1 fully saturated rings. The van der Waals surface area contributed by atoms with E-state index >= 15 is 0 Å². The Morgan fingerprint density at radius 2 is 2.12 bits per heavy atom. The van der Waals surface area contributed by atoms with E-state index in [9.17, 15) is 4.79 Å². The first-order chi connectivity index (χ1) is 11.6. The molecule has 2 heterocycles. The Labute approximate surface area is 143 Å². The van der Waals surface area contributed by atoms with Crippen molar-refractivity contribution < 1.29 is 14.1 Å². The highest BCUT2D eigenvalue weighted by Crippen LogP contribution is 2.20. The van der Waals surface area contributed by atoms with Gasteiger partial charge in [-0.15, -0.1) is 0 Å². The largest absolute Gasteiger partial charge is 0.383 e. The number of aromatic nitrogens is 2. The number of nitrogens with zero attached hydrogens (tertiary/aromatic N) is 4. The van der Waals surface area contributed by atoms with Gasteiger partial charge in [-0.1, -0.05) is 12.1 Å². The maximum atomic E-state index is 11.8. The average molecular weight is 339 g/mol. The summed E-state index contributed by atoms with van der Waals surface area (Å²) in [6, 6.07) is 0.112. The van der Waals surface area contributed by atoms with Crippen LogP contribution in [0.15, 0.2) is 4.52 Å². The van der Waals surface area contributed by atoms with Crippen molar-refractivity contribution >= 4 is 5.91 Å². The van der Waals surface area contributed by atoms with Gasteiger partial charge in [-0.25, -0.2) is 0 Å². The molecule has 1 atom stereocenters. The minimum absolute atomic E-state index is 0.0506. The van der Waals surface area contributed by atoms with Gasteiger partial charge >= 0.3 is 0 Å². The summed E-state index contributed by atoms with van der Waals surface area (Å²) in [4.78, 5) is 20.8. The minimum atomic E-state index is 0.0506. The van der Waals surface area contributed by atoms with E-state index in [-0.39, 0.29) is 11.9 Å². The lowest BCUT2D eigenvalue weighted by atomic mass is 10.2. The molecule has 1 aromatic rings. The fourth-order valence-electron chi connectivity index (χ4n) is 2.78. The van der Waals surface area contributed by atoms with Crippen molar-refractivity contribution in [1.82, 2.24) is 25.3 Å². The quantitative estimate of drug-likeness (QED) is 0.655. The van der Waals surface area contributed by atoms with Crippen LogP contribution in [0.2, 0.25) is 0 Å². The number of hydrogen-bond acceptors (Lipinski definition) is 7. The normalized spacial score (nSPS) is 17.8. The predicted octanol–water partition coefficient (Wildman–Crippen LogP) is 0.463. The fraction of sp³-hybridized carbons (Fsp3) is 0.812. The van der Waals surface area contributed by atoms with Gasteiger partial charge in [0.2, 0.25) is 11.8 Å². The van der Waals surface area contributed by atoms with E-state index in [1.807, 2.05) is 0 Å². The second kappa shape index (κ2) is 9.71. The van der Waals surface area contributed by atoms with Crippen molar-refractivity contribution in [3.8, 4) is 0 Å². The van der Waals surface area contributed by atoms with Crippen LogP contribution in [0.3, 0.4) is 0 Å². The van der Waals surface area contributed by atoms with Crippen LogP contribution in [-0.4, -0.2) is 78.8 Å². The lowest BCUT2D eigenvalue weighted by Crippen LogP contribution is -2.50. The van der Waals surface area contributed by atoms with Crippen LogP contribution in [-0.2, 0) is 16.0 Å². The average Bonchev–Trinajstić information content (AvgIpc) is 3.04. The number of aryl methyl sites for hydroxylation is 1. The molecule has 1 N–H and O–H groups in total. The molecular formula is C16H29N5O3. The Balaban J connectivity index is 1.74. The van der Waals surface area contributed by atoms with Crippen LogP contribution in [0.4, 0.5) is 0 Å². The molecule has 1 aromatic heterocycles. The molecule has 0 spiro atoms. The van der Waals surface area contributed by atoms with Crippen LogP contribution in [0.25, 0.3) is 0 Å². The molecule has 0 saturated carbocycles. The first-order valence-electron chi connectivity index (χ1n) is 8.68. The van der Waals surface area contributed by atoms with E-state index in [1.54, 1.807) is 7.11 Å². The highest BCUT2D eigenvalue weighted by atomic mass is 16.5. The van der Waals surface area contributed by atoms with Gasteiger partial charge in [0.1, 0.15) is 0 Å². The molecule has 1 aliphatic rings. The predicted molar refractivity (Wildman–Crippen MR) is 89.6 cm³/mol. The van der Waals surface area contributed by atoms with Crippen molar-refractivity contribution in [3.63, 3.8) is 0 Å². The van der Waals surface area contributed by atoms with Gasteiger partial charge < -0.3 is 14.6 Å². The Kier molecular flexibility index (Phi) is 7.61. The number of rotatable bonds is 9. The number of ether oxygens (including phenoxy) is 1. The van der Waals surface area contributed by atoms with Crippen LogP contribution in [0.1, 0.15) is 38.0 Å². The van der Waals surface area contributed by atoms with Gasteiger partial charge in [-0.2, -0.15) is 4.98 Å². The molecule has 24 heavy (non-hydrogen) atoms. The Morgan fingerprint density at radius 3 is 2.79 bits per heavy atom. The second-order valence-corrected chi connectivity index (χ2v) is 6.13. The van der Waals surface area contributed by atoms with Crippen molar-refractivity contribution in [3.05, 3.63) is 11.7 Å². The number of methoxy groups -OCH3 is 1. The Bertz CT molecular complexity index is 500. The molecule has 1 aliphatic heterocycles. The van der Waals surface area contributed by atoms with Gasteiger partial charge in [0.25, 0.3) is 0 Å². The number of hydrogen-bond donors (Lipinski definition) is 1. The molecule has 0 bridgehead atoms. The third-order valence-electron chi connectivity index (χ3n) is 4.26. The van der Waals surface area contributed by atoms with E-state index in [2.05, 4.69) is 39.1 Å². The molecule has 1 amide bonds. The Hall–Kier alpha value is -1.51. The molecule has 8 nitrogen and oxygen atoms in total. The number of piperazine rings is 1. The highest BCUT2D eigenvalue weighted by molar-refractivity contribution is 5.77. The standard InChI is InChI=1S/C16H29N5O3/c1-4-5-14-18-16(24-19-14)13(2)21-9-7-20(8-10-21)12-15(22)17-6-11-23-3/h13H,4-12H2,1-3H3,(H,17,22). The molecule has 0 aliphatic carbocycles. The minimum Gasteiger partial charge on any atom is -0.383 e. The lowest BCUT2D eigenvalue weighted by molar-refractivity contribution is -0.122. The van der Waals surface area contributed by atoms with Crippen molar-refractivity contribution in [2.24, 2.45) is 0 Å². The first-order valence-corrected chi connectivity index (χ1v) is 8.68. The number of carbonyl (C=O) groups excluding carboxylic acids is 1. The SMILES string of the molecule is CCCc1noc(C(C)N2CCN(CC(=O)NCCOC)CC2)n1. The zero-order chi connectivity index (χ0) is 17.4. The summed E-state index contributed by atoms with van der Waals surface area (Å²) in [5, 5.41) is 6.88. The summed E-state index contributed by atoms with van der Waals surface area (Å²) in [5.41, 5.74) is 0. The molecule has 8 heteroatoms. The van der Waals surface area contributed by atoms with Crippen LogP contribution < -0.4 is 5.32 Å².